The van der Waals surface area contributed by atoms with E-state index in [0.29, 0.717) is 18.7 Å². The van der Waals surface area contributed by atoms with Crippen molar-refractivity contribution < 1.29 is 4.79 Å². The van der Waals surface area contributed by atoms with Crippen LogP contribution in [-0.2, 0) is 13.1 Å². The minimum atomic E-state index is -0.229. The molecule has 1 amide bonds. The molecule has 2 rings (SSSR count). The predicted octanol–water partition coefficient (Wildman–Crippen LogP) is 0.764. The smallest absolute Gasteiger partial charge is 0.253 e. The van der Waals surface area contributed by atoms with Gasteiger partial charge in [0, 0.05) is 25.4 Å². The lowest BCUT2D eigenvalue weighted by atomic mass is 10.1. The number of hydrogen-bond donors (Lipinski definition) is 3. The first-order valence-corrected chi connectivity index (χ1v) is 5.94. The van der Waals surface area contributed by atoms with E-state index in [4.69, 9.17) is 5.73 Å². The van der Waals surface area contributed by atoms with Crippen molar-refractivity contribution in [3.05, 3.63) is 69.6 Å². The van der Waals surface area contributed by atoms with Crippen LogP contribution in [0.3, 0.4) is 0 Å². The summed E-state index contributed by atoms with van der Waals surface area (Å²) in [5, 5.41) is 2.78. The lowest BCUT2D eigenvalue weighted by Gasteiger charge is -2.06. The van der Waals surface area contributed by atoms with Gasteiger partial charge in [0.1, 0.15) is 0 Å². The molecule has 0 saturated heterocycles. The molecule has 1 aromatic heterocycles. The Balaban J connectivity index is 2.00. The van der Waals surface area contributed by atoms with Gasteiger partial charge >= 0.3 is 0 Å². The van der Waals surface area contributed by atoms with Crippen molar-refractivity contribution in [1.82, 2.24) is 10.3 Å². The Kier molecular flexibility index (Phi) is 4.10. The first-order valence-electron chi connectivity index (χ1n) is 5.94. The van der Waals surface area contributed by atoms with E-state index >= 15 is 0 Å². The average molecular weight is 257 g/mol. The molecule has 0 aliphatic rings. The predicted molar refractivity (Wildman–Crippen MR) is 72.6 cm³/mol. The van der Waals surface area contributed by atoms with Gasteiger partial charge in [-0.15, -0.1) is 0 Å². The molecular weight excluding hydrogens is 242 g/mol. The van der Waals surface area contributed by atoms with Gasteiger partial charge in [0.05, 0.1) is 5.56 Å². The molecule has 0 unspecified atom stereocenters. The van der Waals surface area contributed by atoms with Crippen molar-refractivity contribution in [2.75, 3.05) is 0 Å². The lowest BCUT2D eigenvalue weighted by molar-refractivity contribution is 0.0950. The van der Waals surface area contributed by atoms with Crippen molar-refractivity contribution in [3.63, 3.8) is 0 Å². The average Bonchev–Trinajstić information content (AvgIpc) is 2.46. The Morgan fingerprint density at radius 3 is 2.68 bits per heavy atom. The van der Waals surface area contributed by atoms with Gasteiger partial charge in [-0.05, 0) is 17.2 Å². The fourth-order valence-electron chi connectivity index (χ4n) is 1.70. The maximum Gasteiger partial charge on any atom is 0.253 e. The van der Waals surface area contributed by atoms with Gasteiger partial charge in [0.25, 0.3) is 5.91 Å². The largest absolute Gasteiger partial charge is 0.348 e. The highest BCUT2D eigenvalue weighted by molar-refractivity contribution is 5.93. The number of amides is 1. The number of hydrogen-bond acceptors (Lipinski definition) is 3. The van der Waals surface area contributed by atoms with Crippen LogP contribution < -0.4 is 16.6 Å². The number of carbonyl (C=O) groups is 1. The maximum absolute atomic E-state index is 11.8. The van der Waals surface area contributed by atoms with E-state index in [-0.39, 0.29) is 11.5 Å². The first kappa shape index (κ1) is 13.0. The first-order chi connectivity index (χ1) is 9.19. The summed E-state index contributed by atoms with van der Waals surface area (Å²) in [6, 6.07) is 10.5. The maximum atomic E-state index is 11.8. The van der Waals surface area contributed by atoms with Gasteiger partial charge in [0.2, 0.25) is 5.56 Å². The molecule has 0 aliphatic heterocycles. The second kappa shape index (κ2) is 5.97. The highest BCUT2D eigenvalue weighted by Gasteiger charge is 2.05. The van der Waals surface area contributed by atoms with Crippen LogP contribution >= 0.6 is 0 Å². The summed E-state index contributed by atoms with van der Waals surface area (Å²) in [4.78, 5) is 25.2. The molecule has 1 heterocycles. The van der Waals surface area contributed by atoms with Crippen LogP contribution in [0.25, 0.3) is 0 Å². The number of H-pyrrole nitrogens is 1. The molecule has 0 atom stereocenters. The van der Waals surface area contributed by atoms with E-state index in [2.05, 4.69) is 10.3 Å². The number of aromatic amines is 1. The summed E-state index contributed by atoms with van der Waals surface area (Å²) in [6.07, 6.45) is 1.40. The van der Waals surface area contributed by atoms with Gasteiger partial charge in [-0.25, -0.2) is 0 Å². The number of pyridine rings is 1. The van der Waals surface area contributed by atoms with Crippen molar-refractivity contribution in [1.29, 1.82) is 0 Å². The fraction of sp³-hybridized carbons (Fsp3) is 0.143. The summed E-state index contributed by atoms with van der Waals surface area (Å²) in [7, 11) is 0. The third-order valence-electron chi connectivity index (χ3n) is 2.73. The molecule has 19 heavy (non-hydrogen) atoms. The summed E-state index contributed by atoms with van der Waals surface area (Å²) in [5.74, 6) is -0.227. The van der Waals surface area contributed by atoms with E-state index in [0.717, 1.165) is 11.1 Å². The zero-order valence-corrected chi connectivity index (χ0v) is 10.3. The van der Waals surface area contributed by atoms with E-state index in [1.165, 1.54) is 18.3 Å². The molecule has 5 nitrogen and oxygen atoms in total. The van der Waals surface area contributed by atoms with Gasteiger partial charge in [0.15, 0.2) is 0 Å². The van der Waals surface area contributed by atoms with Crippen molar-refractivity contribution in [2.45, 2.75) is 13.1 Å². The highest BCUT2D eigenvalue weighted by Crippen LogP contribution is 2.04. The summed E-state index contributed by atoms with van der Waals surface area (Å²) < 4.78 is 0. The van der Waals surface area contributed by atoms with E-state index in [1.807, 2.05) is 24.3 Å². The standard InChI is InChI=1S/C14H15N3O2/c15-7-10-2-1-3-11(6-10)8-17-14(19)12-4-5-13(18)16-9-12/h1-6,9H,7-8,15H2,(H,16,18)(H,17,19). The van der Waals surface area contributed by atoms with Crippen molar-refractivity contribution in [3.8, 4) is 0 Å². The van der Waals surface area contributed by atoms with E-state index in [9.17, 15) is 9.59 Å². The highest BCUT2D eigenvalue weighted by atomic mass is 16.1. The third-order valence-corrected chi connectivity index (χ3v) is 2.73. The molecule has 0 spiro atoms. The number of carbonyl (C=O) groups excluding carboxylic acids is 1. The summed E-state index contributed by atoms with van der Waals surface area (Å²) in [6.45, 7) is 0.896. The molecule has 0 bridgehead atoms. The second-order valence-corrected chi connectivity index (χ2v) is 4.15. The SMILES string of the molecule is NCc1cccc(CNC(=O)c2ccc(=O)[nH]c2)c1. The number of rotatable bonds is 4. The van der Waals surface area contributed by atoms with Crippen LogP contribution in [0, 0.1) is 0 Å². The second-order valence-electron chi connectivity index (χ2n) is 4.15. The third kappa shape index (κ3) is 3.53. The van der Waals surface area contributed by atoms with Crippen molar-refractivity contribution >= 4 is 5.91 Å². The minimum absolute atomic E-state index is 0.227. The van der Waals surface area contributed by atoms with E-state index in [1.54, 1.807) is 0 Å². The zero-order valence-electron chi connectivity index (χ0n) is 10.3. The minimum Gasteiger partial charge on any atom is -0.348 e. The normalized spacial score (nSPS) is 10.2. The molecule has 2 aromatic rings. The monoisotopic (exact) mass is 257 g/mol. The van der Waals surface area contributed by atoms with Crippen LogP contribution in [0.5, 0.6) is 0 Å². The molecule has 5 heteroatoms. The van der Waals surface area contributed by atoms with Crippen molar-refractivity contribution in [2.24, 2.45) is 5.73 Å². The summed E-state index contributed by atoms with van der Waals surface area (Å²) >= 11 is 0. The number of nitrogens with two attached hydrogens (primary N) is 1. The topological polar surface area (TPSA) is 88.0 Å². The van der Waals surface area contributed by atoms with Crippen LogP contribution in [0.15, 0.2) is 47.4 Å². The molecule has 0 aliphatic carbocycles. The molecule has 4 N–H and O–H groups in total. The molecule has 1 aromatic carbocycles. The van der Waals surface area contributed by atoms with Crippen LogP contribution in [0.4, 0.5) is 0 Å². The Morgan fingerprint density at radius 2 is 2.00 bits per heavy atom. The fourth-order valence-corrected chi connectivity index (χ4v) is 1.70. The Labute approximate surface area is 110 Å². The Morgan fingerprint density at radius 1 is 1.21 bits per heavy atom. The summed E-state index contributed by atoms with van der Waals surface area (Å²) in [5.41, 5.74) is 7.77. The van der Waals surface area contributed by atoms with E-state index < -0.39 is 0 Å². The van der Waals surface area contributed by atoms with Gasteiger partial charge < -0.3 is 16.0 Å². The number of nitrogens with one attached hydrogen (secondary N) is 2. The lowest BCUT2D eigenvalue weighted by Crippen LogP contribution is -2.23. The van der Waals surface area contributed by atoms with Crippen LogP contribution in [-0.4, -0.2) is 10.9 Å². The molecule has 98 valence electrons. The molecule has 0 saturated carbocycles. The Hall–Kier alpha value is -2.40. The van der Waals surface area contributed by atoms with Gasteiger partial charge in [-0.2, -0.15) is 0 Å². The number of aromatic nitrogens is 1. The molecule has 0 radical (unpaired) electrons. The van der Waals surface area contributed by atoms with Gasteiger partial charge in [-0.3, -0.25) is 9.59 Å². The van der Waals surface area contributed by atoms with Gasteiger partial charge in [-0.1, -0.05) is 24.3 Å². The zero-order chi connectivity index (χ0) is 13.7. The molecule has 0 fully saturated rings. The quantitative estimate of drug-likeness (QED) is 0.755. The molecular formula is C14H15N3O2. The van der Waals surface area contributed by atoms with Crippen LogP contribution in [0.2, 0.25) is 0 Å². The number of benzene rings is 1. The van der Waals surface area contributed by atoms with Crippen LogP contribution in [0.1, 0.15) is 21.5 Å². The Bertz CT molecular complexity index is 614.